The fraction of sp³-hybridized carbons (Fsp3) is 0.750. The van der Waals surface area contributed by atoms with Crippen LogP contribution in [-0.2, 0) is 9.59 Å². The van der Waals surface area contributed by atoms with Crippen LogP contribution < -0.4 is 0 Å². The molecule has 0 aromatic heterocycles. The summed E-state index contributed by atoms with van der Waals surface area (Å²) in [5.41, 5.74) is 0. The van der Waals surface area contributed by atoms with E-state index in [1.165, 1.54) is 0 Å². The molecule has 2 atom stereocenters. The van der Waals surface area contributed by atoms with E-state index >= 15 is 0 Å². The van der Waals surface area contributed by atoms with Crippen LogP contribution in [0.15, 0.2) is 0 Å². The van der Waals surface area contributed by atoms with E-state index in [1.54, 1.807) is 0 Å². The van der Waals surface area contributed by atoms with Gasteiger partial charge < -0.3 is 4.79 Å². The molecule has 11 heavy (non-hydrogen) atoms. The Hall–Kier alpha value is 0.340. The monoisotopic (exact) mass is 164 g/mol. The van der Waals surface area contributed by atoms with E-state index in [-0.39, 0.29) is 47.2 Å². The molecule has 3 heteroatoms. The van der Waals surface area contributed by atoms with Crippen LogP contribution in [0.3, 0.4) is 0 Å². The van der Waals surface area contributed by atoms with Crippen molar-refractivity contribution in [3.8, 4) is 0 Å². The Morgan fingerprint density at radius 2 is 2.09 bits per heavy atom. The van der Waals surface area contributed by atoms with Gasteiger partial charge in [0.2, 0.25) is 0 Å². The standard InChI is InChI=1S/C8H12O2.Na.H/c1-6-3-2-4-7(5-9)8(6)10;;/h5-7H,2-4H2,1H3;;. The molecule has 2 unspecified atom stereocenters. The van der Waals surface area contributed by atoms with E-state index in [9.17, 15) is 9.59 Å². The topological polar surface area (TPSA) is 34.1 Å². The van der Waals surface area contributed by atoms with E-state index < -0.39 is 0 Å². The first-order chi connectivity index (χ1) is 4.75. The van der Waals surface area contributed by atoms with Crippen molar-refractivity contribution >= 4 is 41.6 Å². The summed E-state index contributed by atoms with van der Waals surface area (Å²) in [4.78, 5) is 21.4. The predicted molar refractivity (Wildman–Crippen MR) is 44.7 cm³/mol. The Kier molecular flexibility index (Phi) is 5.23. The van der Waals surface area contributed by atoms with Crippen molar-refractivity contribution in [2.75, 3.05) is 0 Å². The third kappa shape index (κ3) is 2.69. The molecule has 0 radical (unpaired) electrons. The van der Waals surface area contributed by atoms with Gasteiger partial charge in [-0.2, -0.15) is 0 Å². The Balaban J connectivity index is 0.000001000. The van der Waals surface area contributed by atoms with E-state index in [4.69, 9.17) is 0 Å². The molecule has 0 heterocycles. The number of rotatable bonds is 1. The van der Waals surface area contributed by atoms with Crippen LogP contribution in [-0.4, -0.2) is 41.6 Å². The molecule has 0 spiro atoms. The van der Waals surface area contributed by atoms with Gasteiger partial charge in [0.25, 0.3) is 0 Å². The first-order valence-electron chi connectivity index (χ1n) is 3.74. The summed E-state index contributed by atoms with van der Waals surface area (Å²) in [7, 11) is 0. The molecule has 0 aromatic carbocycles. The third-order valence-electron chi connectivity index (χ3n) is 2.17. The summed E-state index contributed by atoms with van der Waals surface area (Å²) >= 11 is 0. The Morgan fingerprint density at radius 3 is 2.55 bits per heavy atom. The number of hydrogen-bond acceptors (Lipinski definition) is 2. The van der Waals surface area contributed by atoms with Gasteiger partial charge in [0.15, 0.2) is 0 Å². The zero-order chi connectivity index (χ0) is 7.56. The van der Waals surface area contributed by atoms with Gasteiger partial charge in [0, 0.05) is 5.92 Å². The molecule has 0 amide bonds. The third-order valence-corrected chi connectivity index (χ3v) is 2.17. The number of carbonyl (C=O) groups is 2. The Morgan fingerprint density at radius 1 is 1.45 bits per heavy atom. The zero-order valence-electron chi connectivity index (χ0n) is 6.17. The summed E-state index contributed by atoms with van der Waals surface area (Å²) in [5, 5.41) is 0. The average molecular weight is 164 g/mol. The van der Waals surface area contributed by atoms with E-state index in [0.29, 0.717) is 0 Å². The van der Waals surface area contributed by atoms with Crippen molar-refractivity contribution < 1.29 is 9.59 Å². The van der Waals surface area contributed by atoms with Crippen LogP contribution in [0.1, 0.15) is 26.2 Å². The van der Waals surface area contributed by atoms with Crippen LogP contribution in [0.25, 0.3) is 0 Å². The summed E-state index contributed by atoms with van der Waals surface area (Å²) in [6.07, 6.45) is 3.55. The molecule has 1 fully saturated rings. The van der Waals surface area contributed by atoms with Crippen molar-refractivity contribution in [3.05, 3.63) is 0 Å². The number of Topliss-reactive ketones (excluding diaryl/α,β-unsaturated/α-hetero) is 1. The van der Waals surface area contributed by atoms with Gasteiger partial charge in [-0.05, 0) is 12.8 Å². The molecule has 58 valence electrons. The van der Waals surface area contributed by atoms with E-state index in [0.717, 1.165) is 25.5 Å². The quantitative estimate of drug-likeness (QED) is 0.322. The Labute approximate surface area is 89.0 Å². The number of aldehydes is 1. The van der Waals surface area contributed by atoms with Crippen molar-refractivity contribution in [2.24, 2.45) is 11.8 Å². The fourth-order valence-electron chi connectivity index (χ4n) is 1.43. The molecular weight excluding hydrogens is 151 g/mol. The van der Waals surface area contributed by atoms with Crippen molar-refractivity contribution in [2.45, 2.75) is 26.2 Å². The summed E-state index contributed by atoms with van der Waals surface area (Å²) in [6.45, 7) is 1.90. The van der Waals surface area contributed by atoms with Gasteiger partial charge in [0.05, 0.1) is 5.92 Å². The molecule has 0 bridgehead atoms. The molecule has 0 saturated heterocycles. The molecule has 1 saturated carbocycles. The van der Waals surface area contributed by atoms with Crippen molar-refractivity contribution in [1.82, 2.24) is 0 Å². The zero-order valence-corrected chi connectivity index (χ0v) is 6.17. The number of ketones is 1. The second-order valence-corrected chi connectivity index (χ2v) is 2.98. The normalized spacial score (nSPS) is 30.8. The van der Waals surface area contributed by atoms with Crippen molar-refractivity contribution in [3.63, 3.8) is 0 Å². The van der Waals surface area contributed by atoms with Crippen LogP contribution in [0.5, 0.6) is 0 Å². The first-order valence-corrected chi connectivity index (χ1v) is 3.74. The molecule has 0 N–H and O–H groups in total. The average Bonchev–Trinajstić information content (AvgIpc) is 1.95. The number of hydrogen-bond donors (Lipinski definition) is 0. The minimum absolute atomic E-state index is 0. The van der Waals surface area contributed by atoms with Crippen LogP contribution in [0, 0.1) is 11.8 Å². The molecule has 0 aliphatic heterocycles. The second-order valence-electron chi connectivity index (χ2n) is 2.98. The SMILES string of the molecule is CC1CCCC(C=O)C1=O.[NaH]. The first kappa shape index (κ1) is 11.3. The molecule has 0 aromatic rings. The summed E-state index contributed by atoms with van der Waals surface area (Å²) in [5.74, 6) is -0.0334. The number of carbonyl (C=O) groups excluding carboxylic acids is 2. The Bertz CT molecular complexity index is 156. The summed E-state index contributed by atoms with van der Waals surface area (Å²) in [6, 6.07) is 0. The molecule has 1 rings (SSSR count). The van der Waals surface area contributed by atoms with Gasteiger partial charge in [-0.1, -0.05) is 13.3 Å². The van der Waals surface area contributed by atoms with Crippen LogP contribution in [0.2, 0.25) is 0 Å². The molecule has 1 aliphatic carbocycles. The van der Waals surface area contributed by atoms with Crippen LogP contribution >= 0.6 is 0 Å². The van der Waals surface area contributed by atoms with Gasteiger partial charge >= 0.3 is 29.6 Å². The second kappa shape index (κ2) is 5.07. The van der Waals surface area contributed by atoms with E-state index in [2.05, 4.69) is 0 Å². The molecule has 1 aliphatic rings. The maximum atomic E-state index is 11.1. The summed E-state index contributed by atoms with van der Waals surface area (Å²) < 4.78 is 0. The predicted octanol–water partition coefficient (Wildman–Crippen LogP) is 0.542. The van der Waals surface area contributed by atoms with Gasteiger partial charge in [-0.15, -0.1) is 0 Å². The van der Waals surface area contributed by atoms with E-state index in [1.807, 2.05) is 6.92 Å². The molecular formula is C8H13NaO2. The minimum atomic E-state index is -0.288. The van der Waals surface area contributed by atoms with Crippen LogP contribution in [0.4, 0.5) is 0 Å². The van der Waals surface area contributed by atoms with Crippen molar-refractivity contribution in [1.29, 1.82) is 0 Å². The molecule has 2 nitrogen and oxygen atoms in total. The van der Waals surface area contributed by atoms with Gasteiger partial charge in [-0.3, -0.25) is 4.79 Å². The van der Waals surface area contributed by atoms with Gasteiger partial charge in [0.1, 0.15) is 12.1 Å². The maximum absolute atomic E-state index is 11.1. The van der Waals surface area contributed by atoms with Gasteiger partial charge in [-0.25, -0.2) is 0 Å². The fourth-order valence-corrected chi connectivity index (χ4v) is 1.43.